The standard InChI is InChI=1S/C12H10N4S2/c1-7-6-8-10(17-7)15-12(13)16-11(8)18-9-4-2-3-5-14-9/h2-6H,1H3,(H2,13,15,16). The van der Waals surface area contributed by atoms with Crippen LogP contribution >= 0.6 is 23.1 Å². The van der Waals surface area contributed by atoms with Gasteiger partial charge in [-0.2, -0.15) is 0 Å². The predicted molar refractivity (Wildman–Crippen MR) is 74.9 cm³/mol. The molecule has 0 bridgehead atoms. The van der Waals surface area contributed by atoms with Crippen molar-refractivity contribution in [2.45, 2.75) is 17.0 Å². The fourth-order valence-electron chi connectivity index (χ4n) is 1.62. The van der Waals surface area contributed by atoms with Crippen molar-refractivity contribution in [3.8, 4) is 0 Å². The van der Waals surface area contributed by atoms with Crippen molar-refractivity contribution in [3.63, 3.8) is 0 Å². The third kappa shape index (κ3) is 2.16. The molecule has 2 N–H and O–H groups in total. The number of fused-ring (bicyclic) bond motifs is 1. The van der Waals surface area contributed by atoms with Gasteiger partial charge in [-0.1, -0.05) is 6.07 Å². The first-order valence-electron chi connectivity index (χ1n) is 5.35. The van der Waals surface area contributed by atoms with Gasteiger partial charge in [0.1, 0.15) is 14.9 Å². The minimum atomic E-state index is 0.308. The van der Waals surface area contributed by atoms with E-state index >= 15 is 0 Å². The predicted octanol–water partition coefficient (Wildman–Crippen LogP) is 3.13. The number of aromatic nitrogens is 3. The Morgan fingerprint density at radius 1 is 1.28 bits per heavy atom. The third-order valence-corrected chi connectivity index (χ3v) is 4.24. The van der Waals surface area contributed by atoms with Crippen LogP contribution in [0.15, 0.2) is 40.5 Å². The molecule has 0 aromatic carbocycles. The normalized spacial score (nSPS) is 10.9. The highest BCUT2D eigenvalue weighted by molar-refractivity contribution is 7.99. The number of rotatable bonds is 2. The second-order valence-corrected chi connectivity index (χ2v) is 5.98. The van der Waals surface area contributed by atoms with Gasteiger partial charge in [0, 0.05) is 16.5 Å². The molecule has 0 aliphatic carbocycles. The molecule has 0 saturated carbocycles. The van der Waals surface area contributed by atoms with E-state index in [9.17, 15) is 0 Å². The molecule has 0 aliphatic rings. The van der Waals surface area contributed by atoms with E-state index in [2.05, 4.69) is 27.9 Å². The number of aryl methyl sites for hydroxylation is 1. The molecular formula is C12H10N4S2. The maximum Gasteiger partial charge on any atom is 0.222 e. The van der Waals surface area contributed by atoms with Gasteiger partial charge in [0.25, 0.3) is 0 Å². The molecule has 0 aliphatic heterocycles. The quantitative estimate of drug-likeness (QED) is 0.727. The highest BCUT2D eigenvalue weighted by atomic mass is 32.2. The molecule has 0 spiro atoms. The summed E-state index contributed by atoms with van der Waals surface area (Å²) < 4.78 is 0. The van der Waals surface area contributed by atoms with E-state index in [-0.39, 0.29) is 0 Å². The van der Waals surface area contributed by atoms with Gasteiger partial charge in [-0.25, -0.2) is 15.0 Å². The molecule has 0 radical (unpaired) electrons. The Morgan fingerprint density at radius 3 is 2.94 bits per heavy atom. The van der Waals surface area contributed by atoms with Gasteiger partial charge in [-0.05, 0) is 36.9 Å². The highest BCUT2D eigenvalue weighted by Gasteiger charge is 2.11. The molecule has 6 heteroatoms. The number of hydrogen-bond acceptors (Lipinski definition) is 6. The van der Waals surface area contributed by atoms with Crippen LogP contribution in [0.25, 0.3) is 10.2 Å². The molecule has 18 heavy (non-hydrogen) atoms. The lowest BCUT2D eigenvalue weighted by atomic mass is 10.4. The molecule has 4 nitrogen and oxygen atoms in total. The van der Waals surface area contributed by atoms with Gasteiger partial charge in [-0.3, -0.25) is 0 Å². The summed E-state index contributed by atoms with van der Waals surface area (Å²) in [5.74, 6) is 0.308. The maximum atomic E-state index is 5.74. The molecule has 0 unspecified atom stereocenters. The fraction of sp³-hybridized carbons (Fsp3) is 0.0833. The summed E-state index contributed by atoms with van der Waals surface area (Å²) in [6.07, 6.45) is 1.77. The van der Waals surface area contributed by atoms with Crippen LogP contribution in [0.4, 0.5) is 5.95 Å². The Hall–Kier alpha value is -1.66. The first kappa shape index (κ1) is 11.4. The SMILES string of the molecule is Cc1cc2c(Sc3ccccn3)nc(N)nc2s1. The van der Waals surface area contributed by atoms with Crippen molar-refractivity contribution in [3.05, 3.63) is 35.3 Å². The lowest BCUT2D eigenvalue weighted by molar-refractivity contribution is 1.09. The van der Waals surface area contributed by atoms with Crippen LogP contribution in [0.3, 0.4) is 0 Å². The summed E-state index contributed by atoms with van der Waals surface area (Å²) in [6, 6.07) is 7.89. The molecule has 0 fully saturated rings. The van der Waals surface area contributed by atoms with Crippen molar-refractivity contribution in [1.29, 1.82) is 0 Å². The van der Waals surface area contributed by atoms with Crippen molar-refractivity contribution in [2.24, 2.45) is 0 Å². The summed E-state index contributed by atoms with van der Waals surface area (Å²) in [4.78, 5) is 15.0. The van der Waals surface area contributed by atoms with Crippen molar-refractivity contribution >= 4 is 39.3 Å². The number of hydrogen-bond donors (Lipinski definition) is 1. The van der Waals surface area contributed by atoms with Crippen molar-refractivity contribution in [2.75, 3.05) is 5.73 Å². The zero-order valence-electron chi connectivity index (χ0n) is 9.62. The van der Waals surface area contributed by atoms with E-state index in [1.54, 1.807) is 17.5 Å². The average Bonchev–Trinajstić information content (AvgIpc) is 2.71. The first-order chi connectivity index (χ1) is 8.72. The van der Waals surface area contributed by atoms with Crippen LogP contribution in [-0.4, -0.2) is 15.0 Å². The lowest BCUT2D eigenvalue weighted by Gasteiger charge is -2.02. The number of nitrogens with two attached hydrogens (primary N) is 1. The Labute approximate surface area is 112 Å². The van der Waals surface area contributed by atoms with Gasteiger partial charge in [0.05, 0.1) is 0 Å². The average molecular weight is 274 g/mol. The second-order valence-electron chi connectivity index (χ2n) is 3.73. The monoisotopic (exact) mass is 274 g/mol. The van der Waals surface area contributed by atoms with Crippen LogP contribution < -0.4 is 5.73 Å². The molecule has 90 valence electrons. The van der Waals surface area contributed by atoms with Gasteiger partial charge in [0.2, 0.25) is 5.95 Å². The van der Waals surface area contributed by atoms with Gasteiger partial charge in [0.15, 0.2) is 0 Å². The number of nitrogen functional groups attached to an aromatic ring is 1. The van der Waals surface area contributed by atoms with E-state index < -0.39 is 0 Å². The summed E-state index contributed by atoms with van der Waals surface area (Å²) in [6.45, 7) is 2.05. The molecule has 0 amide bonds. The van der Waals surface area contributed by atoms with E-state index in [0.717, 1.165) is 20.3 Å². The smallest absolute Gasteiger partial charge is 0.222 e. The second kappa shape index (κ2) is 4.55. The van der Waals surface area contributed by atoms with Gasteiger partial charge in [-0.15, -0.1) is 11.3 Å². The lowest BCUT2D eigenvalue weighted by Crippen LogP contribution is -1.95. The topological polar surface area (TPSA) is 64.7 Å². The number of nitrogens with zero attached hydrogens (tertiary/aromatic N) is 3. The Morgan fingerprint density at radius 2 is 2.17 bits per heavy atom. The van der Waals surface area contributed by atoms with Crippen LogP contribution in [0, 0.1) is 6.92 Å². The Bertz CT molecular complexity index is 694. The summed E-state index contributed by atoms with van der Waals surface area (Å²) in [5, 5.41) is 2.81. The zero-order valence-corrected chi connectivity index (χ0v) is 11.3. The molecule has 3 aromatic rings. The van der Waals surface area contributed by atoms with Crippen molar-refractivity contribution in [1.82, 2.24) is 15.0 Å². The minimum Gasteiger partial charge on any atom is -0.368 e. The highest BCUT2D eigenvalue weighted by Crippen LogP contribution is 2.34. The summed E-state index contributed by atoms with van der Waals surface area (Å²) in [7, 11) is 0. The number of pyridine rings is 1. The van der Waals surface area contributed by atoms with Crippen molar-refractivity contribution < 1.29 is 0 Å². The molecule has 3 rings (SSSR count). The summed E-state index contributed by atoms with van der Waals surface area (Å²) >= 11 is 3.14. The van der Waals surface area contributed by atoms with Crippen LogP contribution in [0.1, 0.15) is 4.88 Å². The molecular weight excluding hydrogens is 264 g/mol. The van der Waals surface area contributed by atoms with Crippen LogP contribution in [0.5, 0.6) is 0 Å². The third-order valence-electron chi connectivity index (χ3n) is 2.34. The van der Waals surface area contributed by atoms with Crippen LogP contribution in [0.2, 0.25) is 0 Å². The van der Waals surface area contributed by atoms with Crippen LogP contribution in [-0.2, 0) is 0 Å². The number of anilines is 1. The zero-order chi connectivity index (χ0) is 12.5. The summed E-state index contributed by atoms with van der Waals surface area (Å²) in [5.41, 5.74) is 5.74. The first-order valence-corrected chi connectivity index (χ1v) is 6.98. The van der Waals surface area contributed by atoms with Gasteiger partial charge < -0.3 is 5.73 Å². The maximum absolute atomic E-state index is 5.74. The number of thiophene rings is 1. The van der Waals surface area contributed by atoms with Gasteiger partial charge >= 0.3 is 0 Å². The fourth-order valence-corrected chi connectivity index (χ4v) is 3.43. The Balaban J connectivity index is 2.10. The molecule has 3 aromatic heterocycles. The minimum absolute atomic E-state index is 0.308. The molecule has 3 heterocycles. The molecule has 0 saturated heterocycles. The van der Waals surface area contributed by atoms with E-state index in [0.29, 0.717) is 5.95 Å². The van der Waals surface area contributed by atoms with E-state index in [1.807, 2.05) is 18.2 Å². The largest absolute Gasteiger partial charge is 0.368 e. The molecule has 0 atom stereocenters. The van der Waals surface area contributed by atoms with E-state index in [1.165, 1.54) is 16.6 Å². The Kier molecular flexibility index (Phi) is 2.89. The van der Waals surface area contributed by atoms with E-state index in [4.69, 9.17) is 5.73 Å².